The van der Waals surface area contributed by atoms with Crippen LogP contribution in [-0.4, -0.2) is 11.4 Å². The van der Waals surface area contributed by atoms with Gasteiger partial charge >= 0.3 is 7.60 Å². The summed E-state index contributed by atoms with van der Waals surface area (Å²) in [5.41, 5.74) is 3.55. The van der Waals surface area contributed by atoms with Crippen molar-refractivity contribution >= 4 is 7.60 Å². The number of unbranched alkanes of at least 4 members (excludes halogenated alkanes) is 5. The summed E-state index contributed by atoms with van der Waals surface area (Å²) in [6.07, 6.45) is 6.95. The van der Waals surface area contributed by atoms with E-state index in [9.17, 15) is 9.46 Å². The number of nitrogens with one attached hydrogen (secondary N) is 1. The van der Waals surface area contributed by atoms with Gasteiger partial charge in [0.2, 0.25) is 0 Å². The molecule has 4 nitrogen and oxygen atoms in total. The van der Waals surface area contributed by atoms with Gasteiger partial charge in [0.15, 0.2) is 5.28 Å². The van der Waals surface area contributed by atoms with E-state index >= 15 is 0 Å². The van der Waals surface area contributed by atoms with Crippen molar-refractivity contribution < 1.29 is 14.0 Å². The smallest absolute Gasteiger partial charge is 0.405 e. The van der Waals surface area contributed by atoms with Gasteiger partial charge in [-0.3, -0.25) is 5.32 Å². The van der Waals surface area contributed by atoms with Crippen molar-refractivity contribution in [3.05, 3.63) is 90.0 Å². The lowest BCUT2D eigenvalue weighted by Crippen LogP contribution is -2.43. The third-order valence-electron chi connectivity index (χ3n) is 6.23. The lowest BCUT2D eigenvalue weighted by atomic mass is 10.0. The second kappa shape index (κ2) is 10.0. The summed E-state index contributed by atoms with van der Waals surface area (Å²) in [6.45, 7) is 2.85. The van der Waals surface area contributed by atoms with Crippen LogP contribution in [0.4, 0.5) is 0 Å². The molecule has 1 aliphatic rings. The van der Waals surface area contributed by atoms with Crippen LogP contribution in [-0.2, 0) is 9.85 Å². The van der Waals surface area contributed by atoms with Crippen molar-refractivity contribution in [3.8, 4) is 16.9 Å². The fourth-order valence-electron chi connectivity index (χ4n) is 4.67. The molecule has 0 spiro atoms. The highest BCUT2D eigenvalue weighted by molar-refractivity contribution is 7.55. The van der Waals surface area contributed by atoms with Crippen LogP contribution in [0.1, 0.15) is 56.6 Å². The van der Waals surface area contributed by atoms with E-state index in [1.807, 2.05) is 66.7 Å². The predicted molar refractivity (Wildman–Crippen MR) is 131 cm³/mol. The summed E-state index contributed by atoms with van der Waals surface area (Å²) in [4.78, 5) is 11.6. The predicted octanol–water partition coefficient (Wildman–Crippen LogP) is 7.08. The van der Waals surface area contributed by atoms with Crippen molar-refractivity contribution in [3.63, 3.8) is 0 Å². The zero-order valence-corrected chi connectivity index (χ0v) is 19.6. The molecule has 32 heavy (non-hydrogen) atoms. The fraction of sp³-hybridized carbons (Fsp3) is 0.333. The molecule has 0 amide bonds. The topological polar surface area (TPSA) is 58.6 Å². The highest BCUT2D eigenvalue weighted by Crippen LogP contribution is 2.67. The molecule has 2 N–H and O–H groups in total. The summed E-state index contributed by atoms with van der Waals surface area (Å²) in [5, 5.41) is 2.21. The van der Waals surface area contributed by atoms with E-state index < -0.39 is 12.9 Å². The molecule has 5 heteroatoms. The van der Waals surface area contributed by atoms with Crippen LogP contribution in [0.5, 0.6) is 5.75 Å². The molecule has 0 heterocycles. The Morgan fingerprint density at radius 2 is 1.31 bits per heavy atom. The zero-order chi connectivity index (χ0) is 22.4. The van der Waals surface area contributed by atoms with Crippen molar-refractivity contribution in [1.29, 1.82) is 0 Å². The van der Waals surface area contributed by atoms with E-state index in [1.165, 1.54) is 25.7 Å². The van der Waals surface area contributed by atoms with Crippen LogP contribution in [0, 0.1) is 0 Å². The van der Waals surface area contributed by atoms with Gasteiger partial charge in [0.05, 0.1) is 0 Å². The Labute approximate surface area is 191 Å². The minimum Gasteiger partial charge on any atom is -0.423 e. The van der Waals surface area contributed by atoms with Crippen molar-refractivity contribution in [1.82, 2.24) is 5.32 Å². The first-order valence-corrected chi connectivity index (χ1v) is 13.2. The van der Waals surface area contributed by atoms with Crippen LogP contribution < -0.4 is 9.84 Å². The number of para-hydroxylation sites is 1. The summed E-state index contributed by atoms with van der Waals surface area (Å²) in [6, 6.07) is 24.6. The number of rotatable bonds is 11. The summed E-state index contributed by atoms with van der Waals surface area (Å²) >= 11 is 0. The first kappa shape index (κ1) is 22.8. The normalized spacial score (nSPS) is 15.6. The lowest BCUT2D eigenvalue weighted by Gasteiger charge is -2.36. The molecule has 1 unspecified atom stereocenters. The first-order valence-electron chi connectivity index (χ1n) is 11.6. The minimum atomic E-state index is -4.24. The molecular weight excluding hydrogens is 417 g/mol. The minimum absolute atomic E-state index is 0.390. The Morgan fingerprint density at radius 3 is 1.94 bits per heavy atom. The maximum Gasteiger partial charge on any atom is 0.405 e. The highest BCUT2D eigenvalue weighted by atomic mass is 31.2. The average Bonchev–Trinajstić information content (AvgIpc) is 3.10. The largest absolute Gasteiger partial charge is 0.423 e. The van der Waals surface area contributed by atoms with Gasteiger partial charge in [-0.25, -0.2) is 4.57 Å². The van der Waals surface area contributed by atoms with Gasteiger partial charge < -0.3 is 9.42 Å². The maximum absolute atomic E-state index is 14.1. The quantitative estimate of drug-likeness (QED) is 0.242. The van der Waals surface area contributed by atoms with Crippen LogP contribution in [0.25, 0.3) is 11.1 Å². The van der Waals surface area contributed by atoms with E-state index in [4.69, 9.17) is 4.52 Å². The molecule has 0 aliphatic heterocycles. The van der Waals surface area contributed by atoms with Gasteiger partial charge in [-0.15, -0.1) is 0 Å². The molecular formula is C27H32NO3P. The Morgan fingerprint density at radius 1 is 0.781 bits per heavy atom. The van der Waals surface area contributed by atoms with E-state index in [1.54, 1.807) is 12.1 Å². The number of hydrogen-bond donors (Lipinski definition) is 2. The summed E-state index contributed by atoms with van der Waals surface area (Å²) < 4.78 is 20.0. The highest BCUT2D eigenvalue weighted by Gasteiger charge is 2.57. The maximum atomic E-state index is 14.1. The second-order valence-electron chi connectivity index (χ2n) is 8.42. The van der Waals surface area contributed by atoms with Crippen LogP contribution >= 0.6 is 7.60 Å². The Hall–Kier alpha value is -2.39. The second-order valence-corrected chi connectivity index (χ2v) is 10.3. The van der Waals surface area contributed by atoms with Crippen molar-refractivity contribution in [2.45, 2.75) is 50.7 Å². The summed E-state index contributed by atoms with van der Waals surface area (Å²) in [5.74, 6) is 0.390. The van der Waals surface area contributed by atoms with Crippen molar-refractivity contribution in [2.24, 2.45) is 0 Å². The monoisotopic (exact) mass is 449 g/mol. The Balaban J connectivity index is 1.70. The molecule has 4 rings (SSSR count). The lowest BCUT2D eigenvalue weighted by molar-refractivity contribution is 0.326. The van der Waals surface area contributed by atoms with E-state index in [0.29, 0.717) is 12.3 Å². The fourth-order valence-corrected chi connectivity index (χ4v) is 6.53. The van der Waals surface area contributed by atoms with E-state index in [0.717, 1.165) is 35.1 Å². The molecule has 0 saturated heterocycles. The molecule has 1 aliphatic carbocycles. The molecule has 3 aromatic rings. The number of hydrogen-bond acceptors (Lipinski definition) is 3. The molecule has 168 valence electrons. The molecule has 0 aromatic heterocycles. The summed E-state index contributed by atoms with van der Waals surface area (Å²) in [7, 11) is -4.24. The first-order chi connectivity index (χ1) is 15.6. The Bertz CT molecular complexity index is 1040. The van der Waals surface area contributed by atoms with Crippen LogP contribution in [0.15, 0.2) is 78.9 Å². The number of benzene rings is 3. The number of fused-ring (bicyclic) bond motifs is 3. The molecule has 1 atom stereocenters. The van der Waals surface area contributed by atoms with Crippen molar-refractivity contribution in [2.75, 3.05) is 6.54 Å². The SMILES string of the molecule is CCCCCCCCNC1(P(=O)(O)Oc2ccccc2)c2ccccc2-c2ccccc21. The van der Waals surface area contributed by atoms with Gasteiger partial charge in [0.25, 0.3) is 0 Å². The standard InChI is InChI=1S/C27H32NO3P/c1-2-3-4-5-6-14-21-28-27(32(29,30)31-22-15-8-7-9-16-22)25-19-12-10-17-23(25)24-18-11-13-20-26(24)27/h7-13,15-20,28H,2-6,14,21H2,1H3,(H,29,30). The molecule has 0 radical (unpaired) electrons. The van der Waals surface area contributed by atoms with Crippen LogP contribution in [0.2, 0.25) is 0 Å². The Kier molecular flexibility index (Phi) is 7.15. The van der Waals surface area contributed by atoms with Crippen LogP contribution in [0.3, 0.4) is 0 Å². The van der Waals surface area contributed by atoms with Gasteiger partial charge in [-0.2, -0.15) is 0 Å². The molecule has 3 aromatic carbocycles. The van der Waals surface area contributed by atoms with E-state index in [-0.39, 0.29) is 0 Å². The average molecular weight is 450 g/mol. The van der Waals surface area contributed by atoms with E-state index in [2.05, 4.69) is 12.2 Å². The molecule has 0 bridgehead atoms. The van der Waals surface area contributed by atoms with Gasteiger partial charge in [0, 0.05) is 0 Å². The zero-order valence-electron chi connectivity index (χ0n) is 18.7. The van der Waals surface area contributed by atoms with Gasteiger partial charge in [-0.1, -0.05) is 106 Å². The molecule has 0 fully saturated rings. The third-order valence-corrected chi connectivity index (χ3v) is 8.18. The third kappa shape index (κ3) is 4.28. The molecule has 0 saturated carbocycles. The van der Waals surface area contributed by atoms with Gasteiger partial charge in [-0.05, 0) is 47.4 Å². The van der Waals surface area contributed by atoms with Gasteiger partial charge in [0.1, 0.15) is 5.75 Å².